The van der Waals surface area contributed by atoms with Crippen LogP contribution in [0, 0.1) is 17.8 Å². The molecule has 110 valence electrons. The van der Waals surface area contributed by atoms with Crippen LogP contribution in [0.3, 0.4) is 0 Å². The Labute approximate surface area is 117 Å². The molecule has 0 aromatic rings. The van der Waals surface area contributed by atoms with Gasteiger partial charge in [-0.2, -0.15) is 0 Å². The van der Waals surface area contributed by atoms with Crippen molar-refractivity contribution in [3.63, 3.8) is 0 Å². The quantitative estimate of drug-likeness (QED) is 0.335. The van der Waals surface area contributed by atoms with Crippen LogP contribution >= 0.6 is 0 Å². The third-order valence-corrected chi connectivity index (χ3v) is 4.32. The molecule has 0 saturated carbocycles. The Morgan fingerprint density at radius 1 is 0.556 bits per heavy atom. The van der Waals surface area contributed by atoms with Gasteiger partial charge in [0.05, 0.1) is 0 Å². The summed E-state index contributed by atoms with van der Waals surface area (Å²) in [6.07, 6.45) is 14.4. The Morgan fingerprint density at radius 2 is 1.00 bits per heavy atom. The second-order valence-electron chi connectivity index (χ2n) is 6.93. The van der Waals surface area contributed by atoms with Gasteiger partial charge in [0, 0.05) is 0 Å². The zero-order valence-electron chi connectivity index (χ0n) is 13.8. The first-order valence-electron chi connectivity index (χ1n) is 8.56. The van der Waals surface area contributed by atoms with Crippen LogP contribution in [0.4, 0.5) is 0 Å². The predicted octanol–water partition coefficient (Wildman–Crippen LogP) is 6.84. The molecule has 0 rings (SSSR count). The van der Waals surface area contributed by atoms with E-state index in [2.05, 4.69) is 34.6 Å². The molecule has 0 amide bonds. The molecule has 2 atom stereocenters. The van der Waals surface area contributed by atoms with Gasteiger partial charge in [0.1, 0.15) is 0 Å². The Morgan fingerprint density at radius 3 is 1.50 bits per heavy atom. The van der Waals surface area contributed by atoms with Crippen molar-refractivity contribution in [2.45, 2.75) is 98.8 Å². The van der Waals surface area contributed by atoms with Crippen LogP contribution in [-0.2, 0) is 0 Å². The fourth-order valence-corrected chi connectivity index (χ4v) is 2.56. The van der Waals surface area contributed by atoms with Crippen molar-refractivity contribution in [3.05, 3.63) is 0 Å². The van der Waals surface area contributed by atoms with E-state index in [0.717, 1.165) is 17.8 Å². The molecule has 0 aromatic heterocycles. The first kappa shape index (κ1) is 18.0. The Kier molecular flexibility index (Phi) is 12.1. The van der Waals surface area contributed by atoms with Gasteiger partial charge >= 0.3 is 0 Å². The molecule has 0 heterocycles. The topological polar surface area (TPSA) is 0 Å². The molecule has 0 saturated heterocycles. The van der Waals surface area contributed by atoms with Gasteiger partial charge in [0.15, 0.2) is 0 Å². The Balaban J connectivity index is 3.24. The maximum atomic E-state index is 2.45. The molecule has 0 bridgehead atoms. The number of rotatable bonds is 12. The first-order chi connectivity index (χ1) is 8.56. The summed E-state index contributed by atoms with van der Waals surface area (Å²) in [7, 11) is 0. The Hall–Kier alpha value is 0. The molecule has 18 heavy (non-hydrogen) atoms. The van der Waals surface area contributed by atoms with E-state index in [-0.39, 0.29) is 0 Å². The lowest BCUT2D eigenvalue weighted by molar-refractivity contribution is 0.413. The van der Waals surface area contributed by atoms with Crippen LogP contribution in [0.1, 0.15) is 98.8 Å². The van der Waals surface area contributed by atoms with Gasteiger partial charge in [-0.3, -0.25) is 0 Å². The molecule has 2 unspecified atom stereocenters. The maximum Gasteiger partial charge on any atom is -0.0443 e. The molecule has 0 spiro atoms. The summed E-state index contributed by atoms with van der Waals surface area (Å²) in [5.41, 5.74) is 0. The van der Waals surface area contributed by atoms with Crippen molar-refractivity contribution in [2.75, 3.05) is 0 Å². The molecule has 0 heteroatoms. The molecular formula is C18H38. The summed E-state index contributed by atoms with van der Waals surface area (Å²) in [6.45, 7) is 11.8. The molecule has 0 aliphatic rings. The molecule has 0 radical (unpaired) electrons. The minimum absolute atomic E-state index is 0.890. The highest BCUT2D eigenvalue weighted by molar-refractivity contribution is 4.57. The van der Waals surface area contributed by atoms with Gasteiger partial charge in [0.25, 0.3) is 0 Å². The average Bonchev–Trinajstić information content (AvgIpc) is 2.33. The summed E-state index contributed by atoms with van der Waals surface area (Å²) in [5, 5.41) is 0. The second kappa shape index (κ2) is 12.1. The van der Waals surface area contributed by atoms with Gasteiger partial charge in [-0.1, -0.05) is 98.8 Å². The van der Waals surface area contributed by atoms with Crippen LogP contribution in [0.5, 0.6) is 0 Å². The first-order valence-corrected chi connectivity index (χ1v) is 8.56. The van der Waals surface area contributed by atoms with Crippen LogP contribution in [-0.4, -0.2) is 0 Å². The smallest absolute Gasteiger partial charge is 0.0443 e. The van der Waals surface area contributed by atoms with Gasteiger partial charge in [-0.25, -0.2) is 0 Å². The minimum atomic E-state index is 0.890. The molecule has 0 aromatic carbocycles. The third-order valence-electron chi connectivity index (χ3n) is 4.32. The SMILES string of the molecule is CCC(C)CCCCCC(C)CCCCC(C)C. The van der Waals surface area contributed by atoms with Gasteiger partial charge in [-0.05, 0) is 17.8 Å². The van der Waals surface area contributed by atoms with Crippen LogP contribution < -0.4 is 0 Å². The van der Waals surface area contributed by atoms with Gasteiger partial charge in [-0.15, -0.1) is 0 Å². The Bertz CT molecular complexity index is 159. The minimum Gasteiger partial charge on any atom is -0.0651 e. The summed E-state index contributed by atoms with van der Waals surface area (Å²) >= 11 is 0. The predicted molar refractivity (Wildman–Crippen MR) is 85.0 cm³/mol. The van der Waals surface area contributed by atoms with Crippen molar-refractivity contribution in [2.24, 2.45) is 17.8 Å². The zero-order valence-corrected chi connectivity index (χ0v) is 13.8. The zero-order chi connectivity index (χ0) is 13.8. The fraction of sp³-hybridized carbons (Fsp3) is 1.00. The standard InChI is InChI=1S/C18H38/c1-6-17(4)13-8-7-9-14-18(5)15-11-10-12-16(2)3/h16-18H,6-15H2,1-5H3. The van der Waals surface area contributed by atoms with Gasteiger partial charge < -0.3 is 0 Å². The number of hydrogen-bond donors (Lipinski definition) is 0. The van der Waals surface area contributed by atoms with E-state index in [9.17, 15) is 0 Å². The van der Waals surface area contributed by atoms with Crippen LogP contribution in [0.25, 0.3) is 0 Å². The van der Waals surface area contributed by atoms with Crippen molar-refractivity contribution >= 4 is 0 Å². The van der Waals surface area contributed by atoms with Crippen LogP contribution in [0.2, 0.25) is 0 Å². The third kappa shape index (κ3) is 12.5. The van der Waals surface area contributed by atoms with Gasteiger partial charge in [0.2, 0.25) is 0 Å². The number of unbranched alkanes of at least 4 members (excludes halogenated alkanes) is 3. The lowest BCUT2D eigenvalue weighted by atomic mass is 9.94. The monoisotopic (exact) mass is 254 g/mol. The molecule has 0 aliphatic heterocycles. The van der Waals surface area contributed by atoms with E-state index in [1.54, 1.807) is 0 Å². The largest absolute Gasteiger partial charge is 0.0651 e. The van der Waals surface area contributed by atoms with E-state index in [4.69, 9.17) is 0 Å². The second-order valence-corrected chi connectivity index (χ2v) is 6.93. The highest BCUT2D eigenvalue weighted by atomic mass is 14.1. The van der Waals surface area contributed by atoms with Crippen molar-refractivity contribution in [3.8, 4) is 0 Å². The highest BCUT2D eigenvalue weighted by Gasteiger charge is 2.03. The summed E-state index contributed by atoms with van der Waals surface area (Å²) in [5.74, 6) is 2.79. The average molecular weight is 255 g/mol. The van der Waals surface area contributed by atoms with Crippen molar-refractivity contribution in [1.29, 1.82) is 0 Å². The lowest BCUT2D eigenvalue weighted by Gasteiger charge is -2.12. The van der Waals surface area contributed by atoms with E-state index in [1.807, 2.05) is 0 Å². The lowest BCUT2D eigenvalue weighted by Crippen LogP contribution is -1.97. The molecule has 0 fully saturated rings. The molecule has 0 aliphatic carbocycles. The number of hydrogen-bond acceptors (Lipinski definition) is 0. The van der Waals surface area contributed by atoms with E-state index < -0.39 is 0 Å². The highest BCUT2D eigenvalue weighted by Crippen LogP contribution is 2.19. The summed E-state index contributed by atoms with van der Waals surface area (Å²) in [4.78, 5) is 0. The fourth-order valence-electron chi connectivity index (χ4n) is 2.56. The molecule has 0 N–H and O–H groups in total. The summed E-state index contributed by atoms with van der Waals surface area (Å²) in [6, 6.07) is 0. The molecular weight excluding hydrogens is 216 g/mol. The maximum absolute atomic E-state index is 2.45. The van der Waals surface area contributed by atoms with E-state index in [0.29, 0.717) is 0 Å². The van der Waals surface area contributed by atoms with Crippen molar-refractivity contribution < 1.29 is 0 Å². The molecule has 0 nitrogen and oxygen atoms in total. The van der Waals surface area contributed by atoms with E-state index in [1.165, 1.54) is 64.2 Å². The summed E-state index contributed by atoms with van der Waals surface area (Å²) < 4.78 is 0. The normalized spacial score (nSPS) is 15.0. The van der Waals surface area contributed by atoms with Crippen molar-refractivity contribution in [1.82, 2.24) is 0 Å². The van der Waals surface area contributed by atoms with Crippen LogP contribution in [0.15, 0.2) is 0 Å². The van der Waals surface area contributed by atoms with E-state index >= 15 is 0 Å².